The molecule has 114 valence electrons. The maximum atomic E-state index is 13.0. The maximum Gasteiger partial charge on any atom is 0.262 e. The fourth-order valence-corrected chi connectivity index (χ4v) is 2.12. The average Bonchev–Trinajstić information content (AvgIpc) is 2.77. The van der Waals surface area contributed by atoms with E-state index in [0.717, 1.165) is 5.56 Å². The van der Waals surface area contributed by atoms with E-state index in [4.69, 9.17) is 0 Å². The molecule has 2 amide bonds. The van der Waals surface area contributed by atoms with Crippen LogP contribution in [0.3, 0.4) is 0 Å². The molecule has 0 bridgehead atoms. The molecule has 1 unspecified atom stereocenters. The van der Waals surface area contributed by atoms with Gasteiger partial charge in [0.2, 0.25) is 11.8 Å². The van der Waals surface area contributed by atoms with E-state index in [0.29, 0.717) is 5.69 Å². The van der Waals surface area contributed by atoms with Gasteiger partial charge in [-0.25, -0.2) is 8.78 Å². The summed E-state index contributed by atoms with van der Waals surface area (Å²) in [5.74, 6) is -3.41. The standard InChI is InChI=1S/C14H17F2N3O2/c1-9(20)19-11-4-2-10(3-5-11)7-17-13(21)12-6-14(15,16)8-18-12/h2-5,12,18H,6-8H2,1H3,(H,17,21)(H,19,20). The third-order valence-electron chi connectivity index (χ3n) is 3.17. The van der Waals surface area contributed by atoms with Crippen LogP contribution in [0.4, 0.5) is 14.5 Å². The number of anilines is 1. The Bertz CT molecular complexity index is 532. The first-order chi connectivity index (χ1) is 9.85. The van der Waals surface area contributed by atoms with Crippen LogP contribution in [0.2, 0.25) is 0 Å². The Morgan fingerprint density at radius 1 is 1.33 bits per heavy atom. The van der Waals surface area contributed by atoms with Crippen molar-refractivity contribution in [3.8, 4) is 0 Å². The lowest BCUT2D eigenvalue weighted by atomic mass is 10.1. The summed E-state index contributed by atoms with van der Waals surface area (Å²) < 4.78 is 26.0. The molecule has 21 heavy (non-hydrogen) atoms. The Morgan fingerprint density at radius 2 is 2.00 bits per heavy atom. The van der Waals surface area contributed by atoms with Gasteiger partial charge in [0.15, 0.2) is 0 Å². The maximum absolute atomic E-state index is 13.0. The highest BCUT2D eigenvalue weighted by atomic mass is 19.3. The van der Waals surface area contributed by atoms with E-state index in [9.17, 15) is 18.4 Å². The van der Waals surface area contributed by atoms with Crippen molar-refractivity contribution in [3.05, 3.63) is 29.8 Å². The molecule has 7 heteroatoms. The highest BCUT2D eigenvalue weighted by Crippen LogP contribution is 2.25. The number of halogens is 2. The summed E-state index contributed by atoms with van der Waals surface area (Å²) in [6.07, 6.45) is -0.472. The molecule has 0 aliphatic carbocycles. The van der Waals surface area contributed by atoms with Gasteiger partial charge in [-0.2, -0.15) is 0 Å². The van der Waals surface area contributed by atoms with Crippen LogP contribution in [0.1, 0.15) is 18.9 Å². The molecule has 5 nitrogen and oxygen atoms in total. The summed E-state index contributed by atoms with van der Waals surface area (Å²) in [6, 6.07) is 6.08. The van der Waals surface area contributed by atoms with E-state index in [1.165, 1.54) is 6.92 Å². The minimum atomic E-state index is -2.82. The van der Waals surface area contributed by atoms with Gasteiger partial charge in [0, 0.05) is 25.6 Å². The van der Waals surface area contributed by atoms with Crippen LogP contribution >= 0.6 is 0 Å². The van der Waals surface area contributed by atoms with Gasteiger partial charge in [-0.05, 0) is 17.7 Å². The van der Waals surface area contributed by atoms with Crippen molar-refractivity contribution in [2.75, 3.05) is 11.9 Å². The lowest BCUT2D eigenvalue weighted by Crippen LogP contribution is -2.40. The number of benzene rings is 1. The number of hydrogen-bond acceptors (Lipinski definition) is 3. The number of rotatable bonds is 4. The van der Waals surface area contributed by atoms with Gasteiger partial charge in [0.1, 0.15) is 0 Å². The van der Waals surface area contributed by atoms with Crippen molar-refractivity contribution in [2.45, 2.75) is 31.9 Å². The van der Waals surface area contributed by atoms with Gasteiger partial charge < -0.3 is 10.6 Å². The average molecular weight is 297 g/mol. The van der Waals surface area contributed by atoms with Crippen molar-refractivity contribution < 1.29 is 18.4 Å². The van der Waals surface area contributed by atoms with Crippen LogP contribution in [0.15, 0.2) is 24.3 Å². The van der Waals surface area contributed by atoms with Crippen LogP contribution < -0.4 is 16.0 Å². The van der Waals surface area contributed by atoms with E-state index in [1.54, 1.807) is 24.3 Å². The van der Waals surface area contributed by atoms with Crippen LogP contribution in [0.25, 0.3) is 0 Å². The molecular weight excluding hydrogens is 280 g/mol. The van der Waals surface area contributed by atoms with Crippen molar-refractivity contribution >= 4 is 17.5 Å². The number of carbonyl (C=O) groups is 2. The molecule has 0 aromatic heterocycles. The SMILES string of the molecule is CC(=O)Nc1ccc(CNC(=O)C2CC(F)(F)CN2)cc1. The fraction of sp³-hybridized carbons (Fsp3) is 0.429. The fourth-order valence-electron chi connectivity index (χ4n) is 2.12. The first-order valence-corrected chi connectivity index (χ1v) is 6.61. The number of amides is 2. The third-order valence-corrected chi connectivity index (χ3v) is 3.17. The Labute approximate surface area is 121 Å². The van der Waals surface area contributed by atoms with Gasteiger partial charge in [-0.3, -0.25) is 14.9 Å². The zero-order valence-corrected chi connectivity index (χ0v) is 11.6. The summed E-state index contributed by atoms with van der Waals surface area (Å²) in [7, 11) is 0. The van der Waals surface area contributed by atoms with Crippen LogP contribution in [-0.4, -0.2) is 30.3 Å². The zero-order chi connectivity index (χ0) is 15.5. The smallest absolute Gasteiger partial charge is 0.262 e. The normalized spacial score (nSPS) is 20.0. The highest BCUT2D eigenvalue weighted by Gasteiger charge is 2.42. The molecule has 0 saturated carbocycles. The minimum Gasteiger partial charge on any atom is -0.351 e. The Balaban J connectivity index is 1.83. The van der Waals surface area contributed by atoms with Gasteiger partial charge in [0.05, 0.1) is 12.6 Å². The van der Waals surface area contributed by atoms with Crippen molar-refractivity contribution in [2.24, 2.45) is 0 Å². The lowest BCUT2D eigenvalue weighted by molar-refractivity contribution is -0.123. The van der Waals surface area contributed by atoms with Gasteiger partial charge in [0.25, 0.3) is 5.92 Å². The number of alkyl halides is 2. The Kier molecular flexibility index (Phi) is 4.52. The second-order valence-electron chi connectivity index (χ2n) is 5.09. The van der Waals surface area contributed by atoms with Crippen molar-refractivity contribution in [3.63, 3.8) is 0 Å². The van der Waals surface area contributed by atoms with Gasteiger partial charge >= 0.3 is 0 Å². The molecule has 1 aromatic carbocycles. The monoisotopic (exact) mass is 297 g/mol. The molecule has 1 aliphatic rings. The zero-order valence-electron chi connectivity index (χ0n) is 11.6. The summed E-state index contributed by atoms with van der Waals surface area (Å²) in [5, 5.41) is 7.75. The number of nitrogens with one attached hydrogen (secondary N) is 3. The molecule has 1 saturated heterocycles. The molecule has 1 aromatic rings. The van der Waals surface area contributed by atoms with Gasteiger partial charge in [-0.1, -0.05) is 12.1 Å². The van der Waals surface area contributed by atoms with E-state index in [2.05, 4.69) is 16.0 Å². The summed E-state index contributed by atoms with van der Waals surface area (Å²) in [6.45, 7) is 1.21. The number of hydrogen-bond donors (Lipinski definition) is 3. The van der Waals surface area contributed by atoms with Crippen molar-refractivity contribution in [1.29, 1.82) is 0 Å². The molecule has 1 fully saturated rings. The molecule has 3 N–H and O–H groups in total. The molecule has 1 atom stereocenters. The summed E-state index contributed by atoms with van der Waals surface area (Å²) in [4.78, 5) is 22.6. The summed E-state index contributed by atoms with van der Waals surface area (Å²) >= 11 is 0. The molecular formula is C14H17F2N3O2. The molecule has 1 aliphatic heterocycles. The first-order valence-electron chi connectivity index (χ1n) is 6.61. The predicted molar refractivity (Wildman–Crippen MR) is 73.9 cm³/mol. The van der Waals surface area contributed by atoms with Crippen LogP contribution in [0, 0.1) is 0 Å². The van der Waals surface area contributed by atoms with Crippen LogP contribution in [-0.2, 0) is 16.1 Å². The molecule has 0 spiro atoms. The quantitative estimate of drug-likeness (QED) is 0.783. The predicted octanol–water partition coefficient (Wildman–Crippen LogP) is 1.26. The molecule has 0 radical (unpaired) electrons. The number of carbonyl (C=O) groups excluding carboxylic acids is 2. The van der Waals surface area contributed by atoms with E-state index >= 15 is 0 Å². The third kappa shape index (κ3) is 4.49. The lowest BCUT2D eigenvalue weighted by Gasteiger charge is -2.11. The second-order valence-corrected chi connectivity index (χ2v) is 5.09. The summed E-state index contributed by atoms with van der Waals surface area (Å²) in [5.41, 5.74) is 1.48. The van der Waals surface area contributed by atoms with Crippen molar-refractivity contribution in [1.82, 2.24) is 10.6 Å². The van der Waals surface area contributed by atoms with E-state index in [1.807, 2.05) is 0 Å². The Hall–Kier alpha value is -2.02. The highest BCUT2D eigenvalue weighted by molar-refractivity contribution is 5.88. The topological polar surface area (TPSA) is 70.2 Å². The molecule has 2 rings (SSSR count). The van der Waals surface area contributed by atoms with Gasteiger partial charge in [-0.15, -0.1) is 0 Å². The van der Waals surface area contributed by atoms with E-state index < -0.39 is 30.8 Å². The molecule has 1 heterocycles. The van der Waals surface area contributed by atoms with E-state index in [-0.39, 0.29) is 12.5 Å². The Morgan fingerprint density at radius 3 is 2.52 bits per heavy atom. The minimum absolute atomic E-state index is 0.163. The largest absolute Gasteiger partial charge is 0.351 e. The first kappa shape index (κ1) is 15.4. The second kappa shape index (κ2) is 6.17. The van der Waals surface area contributed by atoms with Crippen LogP contribution in [0.5, 0.6) is 0 Å².